The maximum Gasteiger partial charge on any atom is 0.225 e. The molecule has 1 atom stereocenters. The Balaban J connectivity index is 1.61. The molecule has 2 amide bonds. The van der Waals surface area contributed by atoms with Crippen molar-refractivity contribution in [3.63, 3.8) is 0 Å². The zero-order chi connectivity index (χ0) is 16.9. The van der Waals surface area contributed by atoms with Crippen LogP contribution in [-0.4, -0.2) is 29.8 Å². The van der Waals surface area contributed by atoms with Gasteiger partial charge in [-0.2, -0.15) is 0 Å². The number of benzene rings is 2. The van der Waals surface area contributed by atoms with Gasteiger partial charge in [-0.25, -0.2) is 0 Å². The van der Waals surface area contributed by atoms with Crippen LogP contribution in [0.5, 0.6) is 0 Å². The summed E-state index contributed by atoms with van der Waals surface area (Å²) in [6, 6.07) is 18.3. The van der Waals surface area contributed by atoms with Crippen LogP contribution in [0, 0.1) is 5.92 Å². The molecule has 1 heterocycles. The number of hydrogen-bond acceptors (Lipinski definition) is 2. The molecule has 3 rings (SSSR count). The summed E-state index contributed by atoms with van der Waals surface area (Å²) in [5.74, 6) is -0.192. The molecule has 0 saturated carbocycles. The predicted molar refractivity (Wildman–Crippen MR) is 94.1 cm³/mol. The van der Waals surface area contributed by atoms with E-state index in [-0.39, 0.29) is 17.7 Å². The quantitative estimate of drug-likeness (QED) is 0.920. The fourth-order valence-corrected chi connectivity index (χ4v) is 3.08. The zero-order valence-electron chi connectivity index (χ0n) is 13.9. The molecule has 124 valence electrons. The average Bonchev–Trinajstić information content (AvgIpc) is 3.01. The number of nitrogens with zero attached hydrogens (tertiary/aromatic N) is 1. The molecule has 4 nitrogen and oxygen atoms in total. The molecule has 1 N–H and O–H groups in total. The van der Waals surface area contributed by atoms with Crippen molar-refractivity contribution in [2.24, 2.45) is 5.92 Å². The molecule has 1 aliphatic rings. The number of hydrogen-bond donors (Lipinski definition) is 1. The fourth-order valence-electron chi connectivity index (χ4n) is 3.08. The van der Waals surface area contributed by atoms with Crippen molar-refractivity contribution in [1.82, 2.24) is 10.2 Å². The van der Waals surface area contributed by atoms with Crippen molar-refractivity contribution in [3.8, 4) is 11.1 Å². The van der Waals surface area contributed by atoms with Gasteiger partial charge in [0, 0.05) is 26.1 Å². The van der Waals surface area contributed by atoms with E-state index in [1.807, 2.05) is 37.3 Å². The topological polar surface area (TPSA) is 49.4 Å². The lowest BCUT2D eigenvalue weighted by Crippen LogP contribution is -2.32. The van der Waals surface area contributed by atoms with Gasteiger partial charge < -0.3 is 10.2 Å². The van der Waals surface area contributed by atoms with Crippen molar-refractivity contribution in [2.45, 2.75) is 19.9 Å². The number of carbonyl (C=O) groups is 2. The van der Waals surface area contributed by atoms with Crippen molar-refractivity contribution < 1.29 is 9.59 Å². The summed E-state index contributed by atoms with van der Waals surface area (Å²) in [7, 11) is 0. The fraction of sp³-hybridized carbons (Fsp3) is 0.300. The van der Waals surface area contributed by atoms with Crippen LogP contribution in [-0.2, 0) is 16.1 Å². The van der Waals surface area contributed by atoms with Gasteiger partial charge in [0.2, 0.25) is 11.8 Å². The van der Waals surface area contributed by atoms with Gasteiger partial charge in [-0.3, -0.25) is 9.59 Å². The molecule has 2 aromatic rings. The first-order valence-corrected chi connectivity index (χ1v) is 8.37. The second-order valence-corrected chi connectivity index (χ2v) is 6.12. The summed E-state index contributed by atoms with van der Waals surface area (Å²) in [5.41, 5.74) is 3.35. The molecule has 4 heteroatoms. The van der Waals surface area contributed by atoms with Crippen LogP contribution >= 0.6 is 0 Å². The van der Waals surface area contributed by atoms with E-state index >= 15 is 0 Å². The minimum Gasteiger partial charge on any atom is -0.352 e. The van der Waals surface area contributed by atoms with Gasteiger partial charge in [-0.05, 0) is 29.7 Å². The van der Waals surface area contributed by atoms with Gasteiger partial charge in [0.15, 0.2) is 0 Å². The lowest BCUT2D eigenvalue weighted by molar-refractivity contribution is -0.128. The molecular weight excluding hydrogens is 300 g/mol. The molecule has 1 aliphatic heterocycles. The third-order valence-electron chi connectivity index (χ3n) is 4.47. The highest BCUT2D eigenvalue weighted by Crippen LogP contribution is 2.21. The van der Waals surface area contributed by atoms with E-state index < -0.39 is 0 Å². The molecule has 2 aromatic carbocycles. The maximum atomic E-state index is 12.3. The van der Waals surface area contributed by atoms with Crippen LogP contribution in [0.2, 0.25) is 0 Å². The molecule has 0 radical (unpaired) electrons. The summed E-state index contributed by atoms with van der Waals surface area (Å²) in [6.45, 7) is 3.62. The average molecular weight is 322 g/mol. The molecule has 0 aliphatic carbocycles. The van der Waals surface area contributed by atoms with E-state index in [1.54, 1.807) is 4.90 Å². The van der Waals surface area contributed by atoms with Gasteiger partial charge in [-0.1, -0.05) is 48.5 Å². The minimum atomic E-state index is -0.227. The summed E-state index contributed by atoms with van der Waals surface area (Å²) in [6.07, 6.45) is 0.323. The first-order chi connectivity index (χ1) is 11.7. The molecule has 1 saturated heterocycles. The third kappa shape index (κ3) is 3.65. The summed E-state index contributed by atoms with van der Waals surface area (Å²) in [5, 5.41) is 2.97. The normalized spacial score (nSPS) is 17.1. The van der Waals surface area contributed by atoms with E-state index in [2.05, 4.69) is 29.6 Å². The zero-order valence-corrected chi connectivity index (χ0v) is 13.9. The van der Waals surface area contributed by atoms with E-state index in [4.69, 9.17) is 0 Å². The maximum absolute atomic E-state index is 12.3. The first kappa shape index (κ1) is 16.2. The summed E-state index contributed by atoms with van der Waals surface area (Å²) in [4.78, 5) is 25.8. The molecule has 0 aromatic heterocycles. The number of amides is 2. The predicted octanol–water partition coefficient (Wildman–Crippen LogP) is 2.84. The van der Waals surface area contributed by atoms with Gasteiger partial charge in [-0.15, -0.1) is 0 Å². The lowest BCUT2D eigenvalue weighted by Gasteiger charge is -2.14. The highest BCUT2D eigenvalue weighted by molar-refractivity contribution is 5.89. The van der Waals surface area contributed by atoms with E-state index in [9.17, 15) is 9.59 Å². The molecule has 1 fully saturated rings. The Morgan fingerprint density at radius 3 is 2.58 bits per heavy atom. The third-order valence-corrected chi connectivity index (χ3v) is 4.47. The van der Waals surface area contributed by atoms with Crippen molar-refractivity contribution in [1.29, 1.82) is 0 Å². The Morgan fingerprint density at radius 1 is 1.12 bits per heavy atom. The number of rotatable bonds is 5. The van der Waals surface area contributed by atoms with Gasteiger partial charge in [0.25, 0.3) is 0 Å². The van der Waals surface area contributed by atoms with Crippen LogP contribution in [0.4, 0.5) is 0 Å². The molecular formula is C20H22N2O2. The highest BCUT2D eigenvalue weighted by atomic mass is 16.2. The molecule has 24 heavy (non-hydrogen) atoms. The Morgan fingerprint density at radius 2 is 1.88 bits per heavy atom. The SMILES string of the molecule is CCN1C[C@@H](C(=O)NCc2cccc(-c3ccccc3)c2)CC1=O. The monoisotopic (exact) mass is 322 g/mol. The van der Waals surface area contributed by atoms with Crippen molar-refractivity contribution in [3.05, 3.63) is 60.2 Å². The standard InChI is InChI=1S/C20H22N2O2/c1-2-22-14-18(12-19(22)23)20(24)21-13-15-7-6-10-17(11-15)16-8-4-3-5-9-16/h3-11,18H,2,12-14H2,1H3,(H,21,24)/t18-/m0/s1. The largest absolute Gasteiger partial charge is 0.352 e. The van der Waals surface area contributed by atoms with E-state index in [0.717, 1.165) is 16.7 Å². The van der Waals surface area contributed by atoms with Crippen molar-refractivity contribution in [2.75, 3.05) is 13.1 Å². The van der Waals surface area contributed by atoms with Gasteiger partial charge >= 0.3 is 0 Å². The number of carbonyl (C=O) groups excluding carboxylic acids is 2. The van der Waals surface area contributed by atoms with Crippen LogP contribution < -0.4 is 5.32 Å². The van der Waals surface area contributed by atoms with Gasteiger partial charge in [0.1, 0.15) is 0 Å². The smallest absolute Gasteiger partial charge is 0.225 e. The Labute approximate surface area is 142 Å². The van der Waals surface area contributed by atoms with Crippen LogP contribution in [0.15, 0.2) is 54.6 Å². The number of likely N-dealkylation sites (tertiary alicyclic amines) is 1. The highest BCUT2D eigenvalue weighted by Gasteiger charge is 2.33. The molecule has 0 spiro atoms. The second-order valence-electron chi connectivity index (χ2n) is 6.12. The summed E-state index contributed by atoms with van der Waals surface area (Å²) < 4.78 is 0. The Hall–Kier alpha value is -2.62. The molecule has 0 unspecified atom stereocenters. The van der Waals surface area contributed by atoms with Crippen LogP contribution in [0.25, 0.3) is 11.1 Å². The minimum absolute atomic E-state index is 0.0376. The summed E-state index contributed by atoms with van der Waals surface area (Å²) >= 11 is 0. The Bertz CT molecular complexity index is 727. The Kier molecular flexibility index (Phi) is 4.94. The second kappa shape index (κ2) is 7.30. The first-order valence-electron chi connectivity index (χ1n) is 8.37. The van der Waals surface area contributed by atoms with E-state index in [0.29, 0.717) is 26.1 Å². The van der Waals surface area contributed by atoms with E-state index in [1.165, 1.54) is 0 Å². The van der Waals surface area contributed by atoms with Crippen LogP contribution in [0.1, 0.15) is 18.9 Å². The van der Waals surface area contributed by atoms with Gasteiger partial charge in [0.05, 0.1) is 5.92 Å². The lowest BCUT2D eigenvalue weighted by atomic mass is 10.0. The van der Waals surface area contributed by atoms with Crippen LogP contribution in [0.3, 0.4) is 0 Å². The number of nitrogens with one attached hydrogen (secondary N) is 1. The molecule has 0 bridgehead atoms. The van der Waals surface area contributed by atoms with Crippen molar-refractivity contribution >= 4 is 11.8 Å².